The summed E-state index contributed by atoms with van der Waals surface area (Å²) in [5.41, 5.74) is 1.39. The molecule has 1 nitrogen and oxygen atoms in total. The van der Waals surface area contributed by atoms with Gasteiger partial charge in [-0.05, 0) is 35.4 Å². The average Bonchev–Trinajstić information content (AvgIpc) is 2.35. The van der Waals surface area contributed by atoms with Crippen molar-refractivity contribution in [3.63, 3.8) is 0 Å². The summed E-state index contributed by atoms with van der Waals surface area (Å²) in [5.74, 6) is -1.19. The van der Waals surface area contributed by atoms with Crippen LogP contribution in [0.5, 0.6) is 0 Å². The molecule has 0 aromatic heterocycles. The number of benzene rings is 2. The van der Waals surface area contributed by atoms with Crippen LogP contribution < -0.4 is 0 Å². The minimum atomic E-state index is -0.504. The predicted octanol–water partition coefficient (Wildman–Crippen LogP) is 3.62. The van der Waals surface area contributed by atoms with Gasteiger partial charge in [0.1, 0.15) is 11.6 Å². The van der Waals surface area contributed by atoms with Crippen LogP contribution >= 0.6 is 0 Å². The third kappa shape index (κ3) is 2.48. The monoisotopic (exact) mass is 229 g/mol. The van der Waals surface area contributed by atoms with E-state index >= 15 is 0 Å². The fraction of sp³-hybridized carbons (Fsp3) is 0.0714. The zero-order valence-corrected chi connectivity index (χ0v) is 8.90. The second-order valence-electron chi connectivity index (χ2n) is 3.67. The van der Waals surface area contributed by atoms with E-state index in [2.05, 4.69) is 6.07 Å². The Morgan fingerprint density at radius 2 is 1.12 bits per heavy atom. The van der Waals surface area contributed by atoms with Gasteiger partial charge in [-0.15, -0.1) is 0 Å². The summed E-state index contributed by atoms with van der Waals surface area (Å²) in [5, 5.41) is 9.13. The molecular weight excluding hydrogens is 220 g/mol. The van der Waals surface area contributed by atoms with Crippen molar-refractivity contribution in [1.29, 1.82) is 5.26 Å². The first-order chi connectivity index (χ1) is 8.20. The van der Waals surface area contributed by atoms with Crippen LogP contribution in [0.15, 0.2) is 48.5 Å². The number of nitriles is 1. The van der Waals surface area contributed by atoms with E-state index in [4.69, 9.17) is 5.26 Å². The summed E-state index contributed by atoms with van der Waals surface area (Å²) in [4.78, 5) is 0. The van der Waals surface area contributed by atoms with Crippen LogP contribution in [0.3, 0.4) is 0 Å². The average molecular weight is 229 g/mol. The van der Waals surface area contributed by atoms with E-state index < -0.39 is 5.92 Å². The normalized spacial score (nSPS) is 10.2. The molecule has 0 fully saturated rings. The highest BCUT2D eigenvalue weighted by molar-refractivity contribution is 5.37. The van der Waals surface area contributed by atoms with E-state index in [0.29, 0.717) is 11.1 Å². The fourth-order valence-corrected chi connectivity index (χ4v) is 1.65. The number of hydrogen-bond acceptors (Lipinski definition) is 1. The zero-order valence-electron chi connectivity index (χ0n) is 8.90. The van der Waals surface area contributed by atoms with Crippen LogP contribution in [0.4, 0.5) is 8.78 Å². The predicted molar refractivity (Wildman–Crippen MR) is 60.3 cm³/mol. The maximum absolute atomic E-state index is 12.8. The molecular formula is C14H9F2N. The lowest BCUT2D eigenvalue weighted by molar-refractivity contribution is 0.626. The first-order valence-electron chi connectivity index (χ1n) is 5.11. The molecule has 2 rings (SSSR count). The van der Waals surface area contributed by atoms with Gasteiger partial charge in [0.2, 0.25) is 0 Å². The molecule has 2 aromatic rings. The fourth-order valence-electron chi connectivity index (χ4n) is 1.65. The van der Waals surface area contributed by atoms with E-state index in [1.54, 1.807) is 24.3 Å². The molecule has 0 aliphatic rings. The molecule has 2 aromatic carbocycles. The van der Waals surface area contributed by atoms with Crippen LogP contribution in [0.25, 0.3) is 0 Å². The molecule has 0 aliphatic heterocycles. The Morgan fingerprint density at radius 1 is 0.765 bits per heavy atom. The lowest BCUT2D eigenvalue weighted by Crippen LogP contribution is -1.98. The van der Waals surface area contributed by atoms with Gasteiger partial charge in [0.05, 0.1) is 12.0 Å². The Morgan fingerprint density at radius 3 is 1.41 bits per heavy atom. The van der Waals surface area contributed by atoms with Crippen molar-refractivity contribution in [2.24, 2.45) is 0 Å². The van der Waals surface area contributed by atoms with Crippen molar-refractivity contribution in [3.8, 4) is 6.07 Å². The molecule has 0 spiro atoms. The Bertz CT molecular complexity index is 492. The topological polar surface area (TPSA) is 23.8 Å². The highest BCUT2D eigenvalue weighted by Crippen LogP contribution is 2.24. The first kappa shape index (κ1) is 11.3. The number of nitrogens with zero attached hydrogens (tertiary/aromatic N) is 1. The van der Waals surface area contributed by atoms with Crippen LogP contribution in [-0.2, 0) is 0 Å². The summed E-state index contributed by atoms with van der Waals surface area (Å²) in [7, 11) is 0. The largest absolute Gasteiger partial charge is 0.207 e. The first-order valence-corrected chi connectivity index (χ1v) is 5.11. The second kappa shape index (κ2) is 4.75. The van der Waals surface area contributed by atoms with Gasteiger partial charge >= 0.3 is 0 Å². The third-order valence-corrected chi connectivity index (χ3v) is 2.54. The molecule has 0 unspecified atom stereocenters. The van der Waals surface area contributed by atoms with Gasteiger partial charge in [-0.2, -0.15) is 5.26 Å². The quantitative estimate of drug-likeness (QED) is 0.771. The number of rotatable bonds is 2. The van der Waals surface area contributed by atoms with E-state index in [1.807, 2.05) is 0 Å². The van der Waals surface area contributed by atoms with Gasteiger partial charge < -0.3 is 0 Å². The molecule has 0 heterocycles. The summed E-state index contributed by atoms with van der Waals surface area (Å²) >= 11 is 0. The van der Waals surface area contributed by atoms with Crippen molar-refractivity contribution in [2.75, 3.05) is 0 Å². The molecule has 84 valence electrons. The van der Waals surface area contributed by atoms with Crippen LogP contribution in [0, 0.1) is 23.0 Å². The molecule has 0 radical (unpaired) electrons. The molecule has 0 saturated carbocycles. The lowest BCUT2D eigenvalue weighted by atomic mass is 9.93. The van der Waals surface area contributed by atoms with Gasteiger partial charge in [0.25, 0.3) is 0 Å². The molecule has 0 amide bonds. The van der Waals surface area contributed by atoms with Crippen LogP contribution in [-0.4, -0.2) is 0 Å². The minimum Gasteiger partial charge on any atom is -0.207 e. The van der Waals surface area contributed by atoms with Crippen molar-refractivity contribution >= 4 is 0 Å². The van der Waals surface area contributed by atoms with Crippen LogP contribution in [0.1, 0.15) is 17.0 Å². The standard InChI is InChI=1S/C14H9F2N/c15-12-5-1-10(2-6-12)14(9-17)11-3-7-13(16)8-4-11/h1-8,14H. The van der Waals surface area contributed by atoms with E-state index in [9.17, 15) is 8.78 Å². The number of halogens is 2. The maximum Gasteiger partial charge on any atom is 0.123 e. The molecule has 0 aliphatic carbocycles. The van der Waals surface area contributed by atoms with Crippen molar-refractivity contribution < 1.29 is 8.78 Å². The Labute approximate surface area is 97.9 Å². The van der Waals surface area contributed by atoms with Gasteiger partial charge in [0, 0.05) is 0 Å². The van der Waals surface area contributed by atoms with E-state index in [-0.39, 0.29) is 11.6 Å². The van der Waals surface area contributed by atoms with Crippen LogP contribution in [0.2, 0.25) is 0 Å². The smallest absolute Gasteiger partial charge is 0.123 e. The molecule has 0 N–H and O–H groups in total. The molecule has 0 saturated heterocycles. The molecule has 17 heavy (non-hydrogen) atoms. The summed E-state index contributed by atoms with van der Waals surface area (Å²) in [6.07, 6.45) is 0. The van der Waals surface area contributed by atoms with Gasteiger partial charge in [-0.3, -0.25) is 0 Å². The Kier molecular flexibility index (Phi) is 3.15. The summed E-state index contributed by atoms with van der Waals surface area (Å²) < 4.78 is 25.6. The van der Waals surface area contributed by atoms with Crippen molar-refractivity contribution in [3.05, 3.63) is 71.3 Å². The summed E-state index contributed by atoms with van der Waals surface area (Å²) in [6, 6.07) is 13.6. The minimum absolute atomic E-state index is 0.343. The zero-order chi connectivity index (χ0) is 12.3. The summed E-state index contributed by atoms with van der Waals surface area (Å²) in [6.45, 7) is 0. The lowest BCUT2D eigenvalue weighted by Gasteiger charge is -2.09. The van der Waals surface area contributed by atoms with Crippen molar-refractivity contribution in [2.45, 2.75) is 5.92 Å². The molecule has 0 bridgehead atoms. The maximum atomic E-state index is 12.8. The third-order valence-electron chi connectivity index (χ3n) is 2.54. The second-order valence-corrected chi connectivity index (χ2v) is 3.67. The molecule has 3 heteroatoms. The van der Waals surface area contributed by atoms with E-state index in [1.165, 1.54) is 24.3 Å². The van der Waals surface area contributed by atoms with E-state index in [0.717, 1.165) is 0 Å². The SMILES string of the molecule is N#CC(c1ccc(F)cc1)c1ccc(F)cc1. The van der Waals surface area contributed by atoms with Gasteiger partial charge in [-0.25, -0.2) is 8.78 Å². The number of hydrogen-bond donors (Lipinski definition) is 0. The van der Waals surface area contributed by atoms with Crippen molar-refractivity contribution in [1.82, 2.24) is 0 Å². The molecule has 0 atom stereocenters. The Hall–Kier alpha value is -2.21. The Balaban J connectivity index is 2.37. The van der Waals surface area contributed by atoms with Gasteiger partial charge in [-0.1, -0.05) is 24.3 Å². The highest BCUT2D eigenvalue weighted by atomic mass is 19.1. The van der Waals surface area contributed by atoms with Gasteiger partial charge in [0.15, 0.2) is 0 Å². The highest BCUT2D eigenvalue weighted by Gasteiger charge is 2.13.